The third kappa shape index (κ3) is 4.56. The molecule has 0 saturated carbocycles. The van der Waals surface area contributed by atoms with Crippen molar-refractivity contribution in [3.63, 3.8) is 0 Å². The van der Waals surface area contributed by atoms with Crippen molar-refractivity contribution in [3.8, 4) is 5.75 Å². The first kappa shape index (κ1) is 18.0. The highest BCUT2D eigenvalue weighted by molar-refractivity contribution is 7.89. The largest absolute Gasteiger partial charge is 0.493 e. The third-order valence-corrected chi connectivity index (χ3v) is 6.17. The van der Waals surface area contributed by atoms with E-state index in [4.69, 9.17) is 4.74 Å². The molecule has 0 saturated heterocycles. The summed E-state index contributed by atoms with van der Waals surface area (Å²) in [6.45, 7) is 6.79. The number of benzene rings is 1. The molecule has 2 aromatic rings. The lowest BCUT2D eigenvalue weighted by molar-refractivity contribution is 0.307. The van der Waals surface area contributed by atoms with Gasteiger partial charge in [0.15, 0.2) is 0 Å². The zero-order chi connectivity index (χ0) is 16.9. The number of ether oxygens (including phenoxy) is 1. The maximum atomic E-state index is 12.5. The average molecular weight is 354 g/mol. The van der Waals surface area contributed by atoms with Gasteiger partial charge >= 0.3 is 0 Å². The molecule has 0 aliphatic heterocycles. The van der Waals surface area contributed by atoms with Crippen molar-refractivity contribution < 1.29 is 13.2 Å². The van der Waals surface area contributed by atoms with Crippen LogP contribution in [0.1, 0.15) is 35.8 Å². The van der Waals surface area contributed by atoms with Gasteiger partial charge in [0.1, 0.15) is 5.75 Å². The van der Waals surface area contributed by atoms with Crippen LogP contribution in [0.4, 0.5) is 0 Å². The Bertz CT molecular complexity index is 737. The Morgan fingerprint density at radius 3 is 2.61 bits per heavy atom. The van der Waals surface area contributed by atoms with Gasteiger partial charge < -0.3 is 4.74 Å². The molecule has 4 nitrogen and oxygen atoms in total. The summed E-state index contributed by atoms with van der Waals surface area (Å²) in [4.78, 5) is 1.30. The van der Waals surface area contributed by atoms with Crippen LogP contribution in [0.15, 0.2) is 34.5 Å². The predicted octanol–water partition coefficient (Wildman–Crippen LogP) is 4.02. The molecule has 0 aliphatic carbocycles. The van der Waals surface area contributed by atoms with Crippen LogP contribution in [0.5, 0.6) is 5.75 Å². The van der Waals surface area contributed by atoms with Gasteiger partial charge in [-0.15, -0.1) is 11.3 Å². The normalized spacial score (nSPS) is 11.6. The predicted molar refractivity (Wildman–Crippen MR) is 94.7 cm³/mol. The minimum atomic E-state index is -3.53. The number of hydrogen-bond acceptors (Lipinski definition) is 4. The van der Waals surface area contributed by atoms with Gasteiger partial charge in [0.05, 0.1) is 11.5 Å². The van der Waals surface area contributed by atoms with E-state index >= 15 is 0 Å². The Balaban J connectivity index is 2.16. The van der Waals surface area contributed by atoms with Gasteiger partial charge in [0.2, 0.25) is 10.0 Å². The fraction of sp³-hybridized carbons (Fsp3) is 0.412. The summed E-state index contributed by atoms with van der Waals surface area (Å²) in [7, 11) is -3.53. The Morgan fingerprint density at radius 1 is 1.17 bits per heavy atom. The molecule has 0 spiro atoms. The first-order valence-corrected chi connectivity index (χ1v) is 10.1. The highest BCUT2D eigenvalue weighted by Gasteiger charge is 2.19. The molecule has 1 heterocycles. The second-order valence-corrected chi connectivity index (χ2v) is 8.19. The smallest absolute Gasteiger partial charge is 0.241 e. The summed E-state index contributed by atoms with van der Waals surface area (Å²) in [6.07, 6.45) is 2.05. The zero-order valence-corrected chi connectivity index (χ0v) is 15.4. The number of sulfonamides is 1. The maximum Gasteiger partial charge on any atom is 0.241 e. The summed E-state index contributed by atoms with van der Waals surface area (Å²) in [5.41, 5.74) is 1.61. The summed E-state index contributed by atoms with van der Waals surface area (Å²) >= 11 is 1.53. The molecule has 0 radical (unpaired) electrons. The molecule has 1 aromatic heterocycles. The fourth-order valence-corrected chi connectivity index (χ4v) is 4.24. The summed E-state index contributed by atoms with van der Waals surface area (Å²) < 4.78 is 33.4. The number of nitrogens with one attached hydrogen (secondary N) is 1. The lowest BCUT2D eigenvalue weighted by Crippen LogP contribution is -2.24. The van der Waals surface area contributed by atoms with E-state index in [0.717, 1.165) is 34.6 Å². The van der Waals surface area contributed by atoms with Gasteiger partial charge in [-0.2, -0.15) is 0 Å². The molecular formula is C17H23NO3S2. The highest BCUT2D eigenvalue weighted by atomic mass is 32.2. The maximum absolute atomic E-state index is 12.5. The van der Waals surface area contributed by atoms with Crippen LogP contribution < -0.4 is 9.46 Å². The van der Waals surface area contributed by atoms with E-state index in [1.165, 1.54) is 11.3 Å². The van der Waals surface area contributed by atoms with Crippen LogP contribution >= 0.6 is 11.3 Å². The van der Waals surface area contributed by atoms with Crippen LogP contribution in [0.3, 0.4) is 0 Å². The van der Waals surface area contributed by atoms with Crippen molar-refractivity contribution in [2.45, 2.75) is 45.1 Å². The van der Waals surface area contributed by atoms with E-state index in [1.54, 1.807) is 12.1 Å². The van der Waals surface area contributed by atoms with Gasteiger partial charge in [-0.05, 0) is 55.0 Å². The van der Waals surface area contributed by atoms with E-state index in [2.05, 4.69) is 11.6 Å². The van der Waals surface area contributed by atoms with E-state index in [1.807, 2.05) is 31.4 Å². The number of hydrogen-bond donors (Lipinski definition) is 1. The Kier molecular flexibility index (Phi) is 6.21. The van der Waals surface area contributed by atoms with Gasteiger partial charge in [0, 0.05) is 11.4 Å². The number of unbranched alkanes of at least 4 members (excludes halogenated alkanes) is 1. The topological polar surface area (TPSA) is 55.4 Å². The number of thiophene rings is 1. The van der Waals surface area contributed by atoms with Gasteiger partial charge in [-0.1, -0.05) is 19.4 Å². The summed E-state index contributed by atoms with van der Waals surface area (Å²) in [5, 5.41) is 1.93. The van der Waals surface area contributed by atoms with Crippen LogP contribution in [0, 0.1) is 13.8 Å². The first-order chi connectivity index (χ1) is 11.0. The zero-order valence-electron chi connectivity index (χ0n) is 13.8. The quantitative estimate of drug-likeness (QED) is 0.729. The molecule has 6 heteroatoms. The van der Waals surface area contributed by atoms with Gasteiger partial charge in [0.25, 0.3) is 0 Å². The van der Waals surface area contributed by atoms with Crippen molar-refractivity contribution in [2.24, 2.45) is 0 Å². The molecule has 0 atom stereocenters. The molecule has 126 valence electrons. The molecule has 0 amide bonds. The summed E-state index contributed by atoms with van der Waals surface area (Å²) in [5.74, 6) is 0.758. The van der Waals surface area contributed by atoms with Crippen molar-refractivity contribution in [3.05, 3.63) is 45.6 Å². The molecule has 23 heavy (non-hydrogen) atoms. The lowest BCUT2D eigenvalue weighted by atomic mass is 10.1. The highest BCUT2D eigenvalue weighted by Crippen LogP contribution is 2.27. The second-order valence-electron chi connectivity index (χ2n) is 5.42. The van der Waals surface area contributed by atoms with Crippen LogP contribution in [-0.4, -0.2) is 15.0 Å². The first-order valence-electron chi connectivity index (χ1n) is 7.70. The van der Waals surface area contributed by atoms with Gasteiger partial charge in [-0.3, -0.25) is 0 Å². The molecule has 0 unspecified atom stereocenters. The molecule has 0 bridgehead atoms. The van der Waals surface area contributed by atoms with Crippen LogP contribution in [0.25, 0.3) is 0 Å². The van der Waals surface area contributed by atoms with Crippen molar-refractivity contribution in [2.75, 3.05) is 6.61 Å². The number of rotatable bonds is 8. The van der Waals surface area contributed by atoms with E-state index in [-0.39, 0.29) is 0 Å². The minimum Gasteiger partial charge on any atom is -0.493 e. The fourth-order valence-electron chi connectivity index (χ4n) is 2.20. The lowest BCUT2D eigenvalue weighted by Gasteiger charge is -2.15. The van der Waals surface area contributed by atoms with E-state index in [9.17, 15) is 8.42 Å². The molecule has 1 N–H and O–H groups in total. The summed E-state index contributed by atoms with van der Waals surface area (Å²) in [6, 6.07) is 7.19. The molecule has 2 rings (SSSR count). The third-order valence-electron chi connectivity index (χ3n) is 3.75. The van der Waals surface area contributed by atoms with Crippen molar-refractivity contribution in [1.82, 2.24) is 4.72 Å². The van der Waals surface area contributed by atoms with Crippen LogP contribution in [-0.2, 0) is 16.6 Å². The van der Waals surface area contributed by atoms with Crippen molar-refractivity contribution >= 4 is 21.4 Å². The van der Waals surface area contributed by atoms with E-state index in [0.29, 0.717) is 18.0 Å². The van der Waals surface area contributed by atoms with Gasteiger partial charge in [-0.25, -0.2) is 13.1 Å². The monoisotopic (exact) mass is 353 g/mol. The average Bonchev–Trinajstić information content (AvgIpc) is 3.03. The Hall–Kier alpha value is -1.37. The molecule has 0 fully saturated rings. The SMILES string of the molecule is CCCCOc1ccc(S(=O)(=O)NCc2cccs2)c(C)c1C. The van der Waals surface area contributed by atoms with Crippen molar-refractivity contribution in [1.29, 1.82) is 0 Å². The molecule has 0 aliphatic rings. The Labute approximate surface area is 142 Å². The molecular weight excluding hydrogens is 330 g/mol. The standard InChI is InChI=1S/C17H23NO3S2/c1-4-5-10-21-16-8-9-17(14(3)13(16)2)23(19,20)18-12-15-7-6-11-22-15/h6-9,11,18H,4-5,10,12H2,1-3H3. The second kappa shape index (κ2) is 7.95. The van der Waals surface area contributed by atoms with Crippen LogP contribution in [0.2, 0.25) is 0 Å². The molecule has 1 aromatic carbocycles. The minimum absolute atomic E-state index is 0.313. The van der Waals surface area contributed by atoms with E-state index < -0.39 is 10.0 Å². The Morgan fingerprint density at radius 2 is 1.96 bits per heavy atom.